The number of hydrogen-bond acceptors (Lipinski definition) is 6. The molecule has 0 bridgehead atoms. The second kappa shape index (κ2) is 10.8. The number of amides is 1. The summed E-state index contributed by atoms with van der Waals surface area (Å²) >= 11 is 0. The third kappa shape index (κ3) is 5.16. The molecule has 2 fully saturated rings. The van der Waals surface area contributed by atoms with Gasteiger partial charge in [0.05, 0.1) is 6.54 Å². The predicted molar refractivity (Wildman–Crippen MR) is 159 cm³/mol. The Hall–Kier alpha value is -3.55. The van der Waals surface area contributed by atoms with Gasteiger partial charge in [-0.2, -0.15) is 5.21 Å². The number of piperidine rings is 1. The number of aromatic amines is 1. The number of amidine groups is 1. The van der Waals surface area contributed by atoms with Crippen LogP contribution < -0.4 is 4.90 Å². The van der Waals surface area contributed by atoms with Gasteiger partial charge < -0.3 is 4.90 Å². The van der Waals surface area contributed by atoms with Gasteiger partial charge in [-0.3, -0.25) is 14.7 Å². The monoisotopic (exact) mass is 539 g/mol. The van der Waals surface area contributed by atoms with Crippen LogP contribution in [0.4, 0.5) is 5.69 Å². The van der Waals surface area contributed by atoms with Crippen LogP contribution in [0, 0.1) is 5.41 Å². The van der Waals surface area contributed by atoms with Gasteiger partial charge in [-0.15, -0.1) is 10.2 Å². The van der Waals surface area contributed by atoms with Crippen LogP contribution in [0.5, 0.6) is 0 Å². The van der Waals surface area contributed by atoms with Gasteiger partial charge in [0.25, 0.3) is 5.91 Å². The molecule has 2 aliphatic heterocycles. The number of hydrogen-bond donors (Lipinski definition) is 1. The molecular weight excluding hydrogens is 498 g/mol. The zero-order chi connectivity index (χ0) is 27.7. The maximum atomic E-state index is 13.6. The lowest BCUT2D eigenvalue weighted by Gasteiger charge is -2.38. The lowest BCUT2D eigenvalue weighted by Crippen LogP contribution is -2.40. The smallest absolute Gasteiger partial charge is 0.256 e. The van der Waals surface area contributed by atoms with Crippen molar-refractivity contribution in [2.45, 2.75) is 90.6 Å². The minimum Gasteiger partial charge on any atom is -0.371 e. The lowest BCUT2D eigenvalue weighted by molar-refractivity contribution is -0.131. The summed E-state index contributed by atoms with van der Waals surface area (Å²) in [5, 5.41) is 15.0. The van der Waals surface area contributed by atoms with Crippen LogP contribution >= 0.6 is 0 Å². The Bertz CT molecular complexity index is 1360. The van der Waals surface area contributed by atoms with Crippen LogP contribution in [0.2, 0.25) is 0 Å². The van der Waals surface area contributed by atoms with E-state index in [0.29, 0.717) is 17.8 Å². The Morgan fingerprint density at radius 3 is 2.38 bits per heavy atom. The number of benzene rings is 2. The highest BCUT2D eigenvalue weighted by atomic mass is 16.2. The maximum absolute atomic E-state index is 13.6. The molecule has 3 aliphatic rings. The van der Waals surface area contributed by atoms with E-state index in [1.807, 2.05) is 4.90 Å². The second-order valence-electron chi connectivity index (χ2n) is 12.6. The molecule has 3 heterocycles. The van der Waals surface area contributed by atoms with Gasteiger partial charge in [0.15, 0.2) is 0 Å². The van der Waals surface area contributed by atoms with E-state index >= 15 is 0 Å². The topological polar surface area (TPSA) is 90.4 Å². The normalized spacial score (nSPS) is 20.0. The van der Waals surface area contributed by atoms with Crippen molar-refractivity contribution in [3.8, 4) is 22.5 Å². The number of nitrogens with zero attached hydrogens (tertiary/aromatic N) is 6. The van der Waals surface area contributed by atoms with Crippen molar-refractivity contribution in [2.75, 3.05) is 18.0 Å². The average Bonchev–Trinajstić information content (AvgIpc) is 3.72. The Kier molecular flexibility index (Phi) is 7.19. The number of tetrazole rings is 1. The molecule has 6 rings (SSSR count). The van der Waals surface area contributed by atoms with Gasteiger partial charge in [-0.05, 0) is 77.6 Å². The van der Waals surface area contributed by atoms with E-state index in [-0.39, 0.29) is 5.91 Å². The molecule has 0 radical (unpaired) electrons. The van der Waals surface area contributed by atoms with Crippen LogP contribution in [-0.2, 0) is 11.3 Å². The molecule has 1 spiro atoms. The molecule has 1 amide bonds. The van der Waals surface area contributed by atoms with Crippen LogP contribution in [0.3, 0.4) is 0 Å². The Balaban J connectivity index is 1.27. The van der Waals surface area contributed by atoms with Gasteiger partial charge in [0.2, 0.25) is 5.82 Å². The van der Waals surface area contributed by atoms with Crippen LogP contribution in [-0.4, -0.2) is 55.9 Å². The van der Waals surface area contributed by atoms with E-state index in [0.717, 1.165) is 86.1 Å². The molecule has 0 atom stereocenters. The first kappa shape index (κ1) is 26.7. The van der Waals surface area contributed by atoms with Gasteiger partial charge >= 0.3 is 0 Å². The number of nitrogens with one attached hydrogen (secondary N) is 1. The van der Waals surface area contributed by atoms with E-state index in [1.165, 1.54) is 18.5 Å². The molecule has 1 saturated carbocycles. The van der Waals surface area contributed by atoms with Gasteiger partial charge in [0.1, 0.15) is 11.4 Å². The lowest BCUT2D eigenvalue weighted by atomic mass is 9.82. The fourth-order valence-electron chi connectivity index (χ4n) is 6.48. The first-order chi connectivity index (χ1) is 19.4. The van der Waals surface area contributed by atoms with E-state index in [9.17, 15) is 4.79 Å². The van der Waals surface area contributed by atoms with Crippen LogP contribution in [0.15, 0.2) is 47.5 Å². The summed E-state index contributed by atoms with van der Waals surface area (Å²) in [5.74, 6) is 1.78. The molecule has 8 heteroatoms. The van der Waals surface area contributed by atoms with Crippen molar-refractivity contribution in [3.63, 3.8) is 0 Å². The van der Waals surface area contributed by atoms with Crippen molar-refractivity contribution < 1.29 is 4.79 Å². The highest BCUT2D eigenvalue weighted by Gasteiger charge is 2.49. The molecule has 1 aliphatic carbocycles. The number of H-pyrrole nitrogens is 1. The van der Waals surface area contributed by atoms with Crippen LogP contribution in [0.1, 0.15) is 84.1 Å². The number of aromatic nitrogens is 4. The minimum atomic E-state index is -0.493. The highest BCUT2D eigenvalue weighted by Crippen LogP contribution is 2.41. The summed E-state index contributed by atoms with van der Waals surface area (Å²) in [6, 6.07) is 15.2. The first-order valence-corrected chi connectivity index (χ1v) is 15.0. The van der Waals surface area contributed by atoms with Gasteiger partial charge in [0, 0.05) is 30.8 Å². The zero-order valence-corrected chi connectivity index (χ0v) is 24.1. The summed E-state index contributed by atoms with van der Waals surface area (Å²) in [7, 11) is 0. The average molecular weight is 540 g/mol. The predicted octanol–water partition coefficient (Wildman–Crippen LogP) is 6.40. The molecule has 3 aromatic rings. The van der Waals surface area contributed by atoms with Gasteiger partial charge in [-0.25, -0.2) is 0 Å². The zero-order valence-electron chi connectivity index (χ0n) is 24.1. The number of anilines is 1. The van der Waals surface area contributed by atoms with Crippen molar-refractivity contribution >= 4 is 17.4 Å². The van der Waals surface area contributed by atoms with Crippen molar-refractivity contribution in [3.05, 3.63) is 48.0 Å². The number of carbonyl (C=O) groups is 1. The van der Waals surface area contributed by atoms with E-state index < -0.39 is 5.54 Å². The first-order valence-electron chi connectivity index (χ1n) is 15.0. The van der Waals surface area contributed by atoms with Crippen molar-refractivity contribution in [1.82, 2.24) is 25.5 Å². The molecule has 40 heavy (non-hydrogen) atoms. The number of carbonyl (C=O) groups excluding carboxylic acids is 1. The Labute approximate surface area is 237 Å². The maximum Gasteiger partial charge on any atom is 0.256 e. The highest BCUT2D eigenvalue weighted by molar-refractivity contribution is 6.08. The summed E-state index contributed by atoms with van der Waals surface area (Å²) in [6.07, 6.45) is 9.36. The fourth-order valence-corrected chi connectivity index (χ4v) is 6.48. The summed E-state index contributed by atoms with van der Waals surface area (Å²) in [5.41, 5.74) is 5.39. The van der Waals surface area contributed by atoms with E-state index in [2.05, 4.69) is 88.8 Å². The van der Waals surface area contributed by atoms with E-state index in [4.69, 9.17) is 4.99 Å². The van der Waals surface area contributed by atoms with E-state index in [1.54, 1.807) is 0 Å². The van der Waals surface area contributed by atoms with Gasteiger partial charge in [-0.1, -0.05) is 64.3 Å². The van der Waals surface area contributed by atoms with Crippen molar-refractivity contribution in [2.24, 2.45) is 10.4 Å². The van der Waals surface area contributed by atoms with Crippen LogP contribution in [0.25, 0.3) is 22.5 Å². The molecule has 8 nitrogen and oxygen atoms in total. The molecular formula is C32H41N7O. The third-order valence-electron chi connectivity index (χ3n) is 9.16. The third-order valence-corrected chi connectivity index (χ3v) is 9.16. The molecule has 2 aromatic carbocycles. The Morgan fingerprint density at radius 2 is 1.70 bits per heavy atom. The molecule has 1 N–H and O–H groups in total. The minimum absolute atomic E-state index is 0.206. The number of rotatable bonds is 8. The standard InChI is InChI=1S/C32H41N7O/c1-4-5-8-28-33-32(15-6-7-16-32)30(40)39(28)22-23-9-11-24(12-10-23)27-21-25(38-19-17-31(2,3)18-20-38)13-14-26(27)29-34-36-37-35-29/h9-14,21H,4-8,15-20,22H2,1-3H3,(H,34,35,36,37). The molecule has 1 saturated heterocycles. The fraction of sp³-hybridized carbons (Fsp3) is 0.531. The Morgan fingerprint density at radius 1 is 0.950 bits per heavy atom. The quantitative estimate of drug-likeness (QED) is 0.358. The summed E-state index contributed by atoms with van der Waals surface area (Å²) in [4.78, 5) is 23.1. The molecule has 210 valence electrons. The molecule has 0 unspecified atom stereocenters. The molecule has 1 aromatic heterocycles. The largest absolute Gasteiger partial charge is 0.371 e. The summed E-state index contributed by atoms with van der Waals surface area (Å²) < 4.78 is 0. The number of unbranched alkanes of at least 4 members (excludes halogenated alkanes) is 1. The number of aliphatic imine (C=N–C) groups is 1. The SMILES string of the molecule is CCCCC1=NC2(CCCC2)C(=O)N1Cc1ccc(-c2cc(N3CCC(C)(C)CC3)ccc2-c2nn[nH]n2)cc1. The van der Waals surface area contributed by atoms with Crippen molar-refractivity contribution in [1.29, 1.82) is 0 Å². The second-order valence-corrected chi connectivity index (χ2v) is 12.6. The summed E-state index contributed by atoms with van der Waals surface area (Å²) in [6.45, 7) is 9.60.